The number of aromatic nitrogens is 1. The number of hydrogen-bond donors (Lipinski definition) is 1. The maximum atomic E-state index is 11.0. The Morgan fingerprint density at radius 2 is 2.06 bits per heavy atom. The molecule has 0 amide bonds. The van der Waals surface area contributed by atoms with Gasteiger partial charge in [0.2, 0.25) is 0 Å². The number of methoxy groups -OCH3 is 1. The summed E-state index contributed by atoms with van der Waals surface area (Å²) in [6.45, 7) is 1.62. The second kappa shape index (κ2) is 5.89. The Hall–Kier alpha value is -2.25. The van der Waals surface area contributed by atoms with E-state index in [2.05, 4.69) is 9.72 Å². The van der Waals surface area contributed by atoms with Crippen LogP contribution < -0.4 is 5.73 Å². The predicted octanol–water partition coefficient (Wildman–Crippen LogP) is 0.981. The number of hydrogen-bond acceptors (Lipinski definition) is 7. The van der Waals surface area contributed by atoms with Crippen molar-refractivity contribution >= 4 is 23.5 Å². The Kier molecular flexibility index (Phi) is 4.52. The molecule has 0 aromatic carbocycles. The summed E-state index contributed by atoms with van der Waals surface area (Å²) < 4.78 is 4.50. The molecule has 7 heteroatoms. The van der Waals surface area contributed by atoms with E-state index in [1.165, 1.54) is 7.11 Å². The summed E-state index contributed by atoms with van der Waals surface area (Å²) in [4.78, 5) is 15.0. The van der Waals surface area contributed by atoms with E-state index in [1.807, 2.05) is 12.1 Å². The molecule has 6 nitrogen and oxygen atoms in total. The normalized spacial score (nSPS) is 9.33. The van der Waals surface area contributed by atoms with Gasteiger partial charge in [-0.1, -0.05) is 11.8 Å². The molecule has 1 rings (SSSR count). The van der Waals surface area contributed by atoms with Crippen molar-refractivity contribution < 1.29 is 9.53 Å². The summed E-state index contributed by atoms with van der Waals surface area (Å²) in [5, 5.41) is 18.3. The minimum atomic E-state index is -0.425. The minimum absolute atomic E-state index is 0.0307. The zero-order chi connectivity index (χ0) is 13.7. The van der Waals surface area contributed by atoms with Gasteiger partial charge in [0.15, 0.2) is 0 Å². The number of anilines is 1. The van der Waals surface area contributed by atoms with E-state index >= 15 is 0 Å². The third-order valence-electron chi connectivity index (χ3n) is 2.22. The van der Waals surface area contributed by atoms with Gasteiger partial charge in [0.1, 0.15) is 23.0 Å². The number of nitrogen functional groups attached to an aromatic ring is 1. The Bertz CT molecular complexity index is 572. The molecule has 0 spiro atoms. The molecule has 18 heavy (non-hydrogen) atoms. The summed E-state index contributed by atoms with van der Waals surface area (Å²) in [7, 11) is 1.28. The number of pyridine rings is 1. The van der Waals surface area contributed by atoms with Crippen LogP contribution in [-0.2, 0) is 9.53 Å². The van der Waals surface area contributed by atoms with Gasteiger partial charge in [-0.25, -0.2) is 4.98 Å². The van der Waals surface area contributed by atoms with Crippen molar-refractivity contribution in [2.75, 3.05) is 18.6 Å². The van der Waals surface area contributed by atoms with Crippen molar-refractivity contribution in [3.63, 3.8) is 0 Å². The molecule has 2 N–H and O–H groups in total. The molecule has 1 aromatic rings. The predicted molar refractivity (Wildman–Crippen MR) is 65.6 cm³/mol. The van der Waals surface area contributed by atoms with Crippen molar-refractivity contribution in [3.05, 3.63) is 16.7 Å². The number of nitrogens with two attached hydrogens (primary N) is 1. The Labute approximate surface area is 108 Å². The molecule has 0 atom stereocenters. The zero-order valence-corrected chi connectivity index (χ0v) is 10.7. The van der Waals surface area contributed by atoms with Crippen LogP contribution in [0.15, 0.2) is 5.03 Å². The molecule has 0 unspecified atom stereocenters. The number of carbonyl (C=O) groups excluding carboxylic acids is 1. The summed E-state index contributed by atoms with van der Waals surface area (Å²) in [5.74, 6) is -0.337. The van der Waals surface area contributed by atoms with E-state index in [-0.39, 0.29) is 22.7 Å². The molecule has 92 valence electrons. The van der Waals surface area contributed by atoms with Gasteiger partial charge in [0, 0.05) is 0 Å². The second-order valence-corrected chi connectivity index (χ2v) is 4.23. The van der Waals surface area contributed by atoms with E-state index in [4.69, 9.17) is 16.3 Å². The average molecular weight is 262 g/mol. The molecule has 0 saturated heterocycles. The van der Waals surface area contributed by atoms with Crippen molar-refractivity contribution in [3.8, 4) is 12.1 Å². The van der Waals surface area contributed by atoms with Crippen LogP contribution in [0.1, 0.15) is 16.7 Å². The van der Waals surface area contributed by atoms with Gasteiger partial charge in [0.05, 0.1) is 24.0 Å². The number of rotatable bonds is 3. The fraction of sp³-hybridized carbons (Fsp3) is 0.273. The molecule has 1 heterocycles. The van der Waals surface area contributed by atoms with Gasteiger partial charge in [-0.3, -0.25) is 4.79 Å². The lowest BCUT2D eigenvalue weighted by atomic mass is 10.1. The summed E-state index contributed by atoms with van der Waals surface area (Å²) in [5.41, 5.74) is 6.54. The monoisotopic (exact) mass is 262 g/mol. The van der Waals surface area contributed by atoms with Crippen molar-refractivity contribution in [1.82, 2.24) is 4.98 Å². The highest BCUT2D eigenvalue weighted by molar-refractivity contribution is 7.99. The number of esters is 1. The van der Waals surface area contributed by atoms with Crippen LogP contribution in [0.25, 0.3) is 0 Å². The van der Waals surface area contributed by atoms with Gasteiger partial charge < -0.3 is 10.5 Å². The number of thioether (sulfide) groups is 1. The van der Waals surface area contributed by atoms with Crippen molar-refractivity contribution in [2.45, 2.75) is 11.9 Å². The summed E-state index contributed by atoms with van der Waals surface area (Å²) >= 11 is 1.05. The van der Waals surface area contributed by atoms with E-state index in [9.17, 15) is 4.79 Å². The quantitative estimate of drug-likeness (QED) is 0.638. The van der Waals surface area contributed by atoms with Crippen molar-refractivity contribution in [2.24, 2.45) is 0 Å². The second-order valence-electron chi connectivity index (χ2n) is 3.27. The molecule has 0 aliphatic carbocycles. The Morgan fingerprint density at radius 3 is 2.56 bits per heavy atom. The fourth-order valence-corrected chi connectivity index (χ4v) is 2.14. The smallest absolute Gasteiger partial charge is 0.316 e. The SMILES string of the molecule is COC(=O)CSc1nc(N)c(C#N)c(C)c1C#N. The van der Waals surface area contributed by atoms with E-state index < -0.39 is 5.97 Å². The van der Waals surface area contributed by atoms with Gasteiger partial charge in [-0.05, 0) is 12.5 Å². The fourth-order valence-electron chi connectivity index (χ4n) is 1.26. The van der Waals surface area contributed by atoms with Gasteiger partial charge >= 0.3 is 5.97 Å². The maximum absolute atomic E-state index is 11.0. The first-order valence-corrected chi connectivity index (χ1v) is 5.83. The van der Waals surface area contributed by atoms with Gasteiger partial charge in [0.25, 0.3) is 0 Å². The molecule has 0 bridgehead atoms. The number of nitriles is 2. The van der Waals surface area contributed by atoms with Crippen LogP contribution in [0.2, 0.25) is 0 Å². The van der Waals surface area contributed by atoms with E-state index in [1.54, 1.807) is 6.92 Å². The third-order valence-corrected chi connectivity index (χ3v) is 3.17. The average Bonchev–Trinajstić information content (AvgIpc) is 2.36. The van der Waals surface area contributed by atoms with E-state index in [0.29, 0.717) is 10.6 Å². The lowest BCUT2D eigenvalue weighted by molar-refractivity contribution is -0.137. The van der Waals surface area contributed by atoms with Crippen LogP contribution in [0.3, 0.4) is 0 Å². The summed E-state index contributed by atoms with van der Waals surface area (Å²) in [6, 6.07) is 3.87. The highest BCUT2D eigenvalue weighted by Crippen LogP contribution is 2.27. The standard InChI is InChI=1S/C11H10N4O2S/c1-6-7(3-12)10(14)15-11(8(6)4-13)18-5-9(16)17-2/h5H2,1-2H3,(H2,14,15). The molecule has 1 aromatic heterocycles. The molecular weight excluding hydrogens is 252 g/mol. The molecule has 0 fully saturated rings. The van der Waals surface area contributed by atoms with Gasteiger partial charge in [-0.2, -0.15) is 10.5 Å². The van der Waals surface area contributed by atoms with Gasteiger partial charge in [-0.15, -0.1) is 0 Å². The summed E-state index contributed by atoms with van der Waals surface area (Å²) in [6.07, 6.45) is 0. The minimum Gasteiger partial charge on any atom is -0.468 e. The lowest BCUT2D eigenvalue weighted by Gasteiger charge is -2.08. The maximum Gasteiger partial charge on any atom is 0.316 e. The highest BCUT2D eigenvalue weighted by Gasteiger charge is 2.16. The first-order chi connectivity index (χ1) is 8.54. The van der Waals surface area contributed by atoms with Crippen LogP contribution in [0.5, 0.6) is 0 Å². The Balaban J connectivity index is 3.18. The lowest BCUT2D eigenvalue weighted by Crippen LogP contribution is -2.06. The van der Waals surface area contributed by atoms with Crippen LogP contribution in [0.4, 0.5) is 5.82 Å². The van der Waals surface area contributed by atoms with Crippen LogP contribution in [0, 0.1) is 29.6 Å². The molecule has 0 saturated carbocycles. The molecule has 0 radical (unpaired) electrons. The number of ether oxygens (including phenoxy) is 1. The zero-order valence-electron chi connectivity index (χ0n) is 9.85. The van der Waals surface area contributed by atoms with E-state index in [0.717, 1.165) is 11.8 Å². The topological polar surface area (TPSA) is 113 Å². The Morgan fingerprint density at radius 1 is 1.44 bits per heavy atom. The first kappa shape index (κ1) is 13.8. The number of carbonyl (C=O) groups is 1. The third kappa shape index (κ3) is 2.70. The molecule has 0 aliphatic heterocycles. The largest absolute Gasteiger partial charge is 0.468 e. The van der Waals surface area contributed by atoms with Crippen LogP contribution in [-0.4, -0.2) is 23.8 Å². The first-order valence-electron chi connectivity index (χ1n) is 4.85. The number of nitrogens with zero attached hydrogens (tertiary/aromatic N) is 3. The van der Waals surface area contributed by atoms with Crippen molar-refractivity contribution in [1.29, 1.82) is 10.5 Å². The molecule has 0 aliphatic rings. The highest BCUT2D eigenvalue weighted by atomic mass is 32.2. The van der Waals surface area contributed by atoms with Crippen LogP contribution >= 0.6 is 11.8 Å². The molecular formula is C11H10N4O2S.